The first-order valence-corrected chi connectivity index (χ1v) is 11.4. The van der Waals surface area contributed by atoms with Gasteiger partial charge in [0.2, 0.25) is 5.91 Å². The summed E-state index contributed by atoms with van der Waals surface area (Å²) in [5, 5.41) is 12.3. The van der Waals surface area contributed by atoms with Gasteiger partial charge in [0, 0.05) is 31.4 Å². The van der Waals surface area contributed by atoms with E-state index >= 15 is 0 Å². The molecule has 1 aliphatic heterocycles. The molecule has 3 aromatic rings. The highest BCUT2D eigenvalue weighted by Gasteiger charge is 2.24. The summed E-state index contributed by atoms with van der Waals surface area (Å²) in [5.74, 6) is 1.91. The molecule has 4 rings (SSSR count). The van der Waals surface area contributed by atoms with E-state index < -0.39 is 0 Å². The number of rotatable bonds is 8. The van der Waals surface area contributed by atoms with E-state index in [-0.39, 0.29) is 11.9 Å². The maximum Gasteiger partial charge on any atom is 0.230 e. The molecule has 31 heavy (non-hydrogen) atoms. The highest BCUT2D eigenvalue weighted by molar-refractivity contribution is 7.99. The normalized spacial score (nSPS) is 16.4. The molecular weight excluding hydrogens is 410 g/mol. The van der Waals surface area contributed by atoms with Crippen LogP contribution in [-0.4, -0.2) is 57.6 Å². The Morgan fingerprint density at radius 1 is 1.16 bits per heavy atom. The van der Waals surface area contributed by atoms with Crippen molar-refractivity contribution >= 4 is 17.7 Å². The lowest BCUT2D eigenvalue weighted by molar-refractivity contribution is -0.119. The number of amides is 1. The average Bonchev–Trinajstić information content (AvgIpc) is 3.39. The number of carbonyl (C=O) groups is 1. The van der Waals surface area contributed by atoms with Gasteiger partial charge < -0.3 is 10.1 Å². The smallest absolute Gasteiger partial charge is 0.230 e. The fourth-order valence-electron chi connectivity index (χ4n) is 3.80. The fourth-order valence-corrected chi connectivity index (χ4v) is 4.61. The summed E-state index contributed by atoms with van der Waals surface area (Å²) in [5.41, 5.74) is 2.25. The zero-order valence-corrected chi connectivity index (χ0v) is 18.6. The maximum atomic E-state index is 12.6. The van der Waals surface area contributed by atoms with Crippen molar-refractivity contribution < 1.29 is 9.53 Å². The van der Waals surface area contributed by atoms with Gasteiger partial charge in [-0.05, 0) is 43.2 Å². The number of ether oxygens (including phenoxy) is 1. The zero-order valence-electron chi connectivity index (χ0n) is 17.8. The molecule has 2 aromatic carbocycles. The lowest BCUT2D eigenvalue weighted by Gasteiger charge is -2.16. The van der Waals surface area contributed by atoms with Crippen LogP contribution in [-0.2, 0) is 11.3 Å². The zero-order chi connectivity index (χ0) is 21.6. The Hall–Kier alpha value is -2.84. The molecule has 0 spiro atoms. The third-order valence-corrected chi connectivity index (χ3v) is 6.27. The van der Waals surface area contributed by atoms with Gasteiger partial charge in [0.1, 0.15) is 11.6 Å². The van der Waals surface area contributed by atoms with Crippen LogP contribution in [0.15, 0.2) is 59.8 Å². The van der Waals surface area contributed by atoms with Crippen LogP contribution < -0.4 is 10.1 Å². The fraction of sp³-hybridized carbons (Fsp3) is 0.348. The molecule has 1 fully saturated rings. The van der Waals surface area contributed by atoms with Crippen molar-refractivity contribution in [2.24, 2.45) is 0 Å². The standard InChI is InChI=1S/C23H27N5O2S/c1-17-25-26-23(28(17)20-8-10-21(30-2)11-9-20)31-16-22(29)24-19-12-13-27(15-19)14-18-6-4-3-5-7-18/h3-11,19H,12-16H2,1-2H3,(H,24,29). The second kappa shape index (κ2) is 9.98. The predicted octanol–water partition coefficient (Wildman–Crippen LogP) is 3.07. The van der Waals surface area contributed by atoms with E-state index in [1.165, 1.54) is 17.3 Å². The molecule has 0 radical (unpaired) electrons. The largest absolute Gasteiger partial charge is 0.497 e. The van der Waals surface area contributed by atoms with Gasteiger partial charge in [0.15, 0.2) is 5.16 Å². The third kappa shape index (κ3) is 5.45. The summed E-state index contributed by atoms with van der Waals surface area (Å²) in [6, 6.07) is 18.4. The summed E-state index contributed by atoms with van der Waals surface area (Å²) in [6.07, 6.45) is 0.977. The van der Waals surface area contributed by atoms with Gasteiger partial charge in [0.05, 0.1) is 12.9 Å². The van der Waals surface area contributed by atoms with E-state index in [2.05, 4.69) is 44.7 Å². The average molecular weight is 438 g/mol. The summed E-state index contributed by atoms with van der Waals surface area (Å²) >= 11 is 1.40. The first-order valence-electron chi connectivity index (χ1n) is 10.4. The van der Waals surface area contributed by atoms with Gasteiger partial charge in [-0.1, -0.05) is 42.1 Å². The third-order valence-electron chi connectivity index (χ3n) is 5.34. The lowest BCUT2D eigenvalue weighted by Crippen LogP contribution is -2.38. The minimum absolute atomic E-state index is 0.0264. The summed E-state index contributed by atoms with van der Waals surface area (Å²) in [7, 11) is 1.64. The molecule has 2 heterocycles. The minimum atomic E-state index is 0.0264. The molecule has 1 amide bonds. The number of likely N-dealkylation sites (tertiary alicyclic amines) is 1. The number of aromatic nitrogens is 3. The Morgan fingerprint density at radius 2 is 1.94 bits per heavy atom. The molecule has 0 aliphatic carbocycles. The molecule has 1 atom stereocenters. The van der Waals surface area contributed by atoms with Gasteiger partial charge >= 0.3 is 0 Å². The molecule has 8 heteroatoms. The van der Waals surface area contributed by atoms with E-state index in [0.29, 0.717) is 10.9 Å². The molecule has 1 N–H and O–H groups in total. The monoisotopic (exact) mass is 437 g/mol. The molecule has 1 aromatic heterocycles. The minimum Gasteiger partial charge on any atom is -0.497 e. The Kier molecular flexibility index (Phi) is 6.89. The molecule has 162 valence electrons. The van der Waals surface area contributed by atoms with Crippen LogP contribution in [0.2, 0.25) is 0 Å². The van der Waals surface area contributed by atoms with Crippen molar-refractivity contribution in [2.45, 2.75) is 31.1 Å². The molecule has 7 nitrogen and oxygen atoms in total. The molecule has 1 saturated heterocycles. The number of thioether (sulfide) groups is 1. The molecule has 1 unspecified atom stereocenters. The summed E-state index contributed by atoms with van der Waals surface area (Å²) in [6.45, 7) is 4.71. The van der Waals surface area contributed by atoms with Gasteiger partial charge in [-0.2, -0.15) is 0 Å². The van der Waals surface area contributed by atoms with Crippen LogP contribution in [0.25, 0.3) is 5.69 Å². The predicted molar refractivity (Wildman–Crippen MR) is 122 cm³/mol. The van der Waals surface area contributed by atoms with Crippen LogP contribution >= 0.6 is 11.8 Å². The van der Waals surface area contributed by atoms with Crippen LogP contribution in [0, 0.1) is 6.92 Å². The number of hydrogen-bond donors (Lipinski definition) is 1. The number of aryl methyl sites for hydroxylation is 1. The number of methoxy groups -OCH3 is 1. The number of hydrogen-bond acceptors (Lipinski definition) is 6. The Morgan fingerprint density at radius 3 is 2.68 bits per heavy atom. The van der Waals surface area contributed by atoms with E-state index in [9.17, 15) is 4.79 Å². The summed E-state index contributed by atoms with van der Waals surface area (Å²) in [4.78, 5) is 14.9. The van der Waals surface area contributed by atoms with Crippen molar-refractivity contribution in [2.75, 3.05) is 26.0 Å². The number of carbonyl (C=O) groups excluding carboxylic acids is 1. The topological polar surface area (TPSA) is 72.3 Å². The van der Waals surface area contributed by atoms with Crippen LogP contribution in [0.5, 0.6) is 5.75 Å². The second-order valence-corrected chi connectivity index (χ2v) is 8.57. The van der Waals surface area contributed by atoms with Crippen molar-refractivity contribution in [3.8, 4) is 11.4 Å². The van der Waals surface area contributed by atoms with Crippen molar-refractivity contribution in [1.29, 1.82) is 0 Å². The number of nitrogens with zero attached hydrogens (tertiary/aromatic N) is 4. The van der Waals surface area contributed by atoms with Gasteiger partial charge in [-0.3, -0.25) is 14.3 Å². The summed E-state index contributed by atoms with van der Waals surface area (Å²) < 4.78 is 7.18. The van der Waals surface area contributed by atoms with Crippen molar-refractivity contribution in [1.82, 2.24) is 25.0 Å². The molecule has 0 saturated carbocycles. The van der Waals surface area contributed by atoms with Crippen molar-refractivity contribution in [3.63, 3.8) is 0 Å². The first-order chi connectivity index (χ1) is 15.1. The van der Waals surface area contributed by atoms with Crippen LogP contribution in [0.4, 0.5) is 0 Å². The van der Waals surface area contributed by atoms with Gasteiger partial charge in [-0.15, -0.1) is 10.2 Å². The van der Waals surface area contributed by atoms with E-state index in [1.54, 1.807) is 7.11 Å². The lowest BCUT2D eigenvalue weighted by atomic mass is 10.2. The Bertz CT molecular complexity index is 1010. The number of nitrogens with one attached hydrogen (secondary N) is 1. The Balaban J connectivity index is 1.29. The highest BCUT2D eigenvalue weighted by atomic mass is 32.2. The van der Waals surface area contributed by atoms with E-state index in [4.69, 9.17) is 4.74 Å². The van der Waals surface area contributed by atoms with E-state index in [0.717, 1.165) is 43.3 Å². The van der Waals surface area contributed by atoms with Crippen LogP contribution in [0.3, 0.4) is 0 Å². The number of benzene rings is 2. The quantitative estimate of drug-likeness (QED) is 0.546. The highest BCUT2D eigenvalue weighted by Crippen LogP contribution is 2.23. The Labute approximate surface area is 186 Å². The first kappa shape index (κ1) is 21.4. The molecule has 1 aliphatic rings. The maximum absolute atomic E-state index is 12.6. The van der Waals surface area contributed by atoms with E-state index in [1.807, 2.05) is 41.8 Å². The van der Waals surface area contributed by atoms with Crippen molar-refractivity contribution in [3.05, 3.63) is 66.0 Å². The van der Waals surface area contributed by atoms with Crippen LogP contribution in [0.1, 0.15) is 17.8 Å². The van der Waals surface area contributed by atoms with Gasteiger partial charge in [-0.25, -0.2) is 0 Å². The molecular formula is C23H27N5O2S. The van der Waals surface area contributed by atoms with Gasteiger partial charge in [0.25, 0.3) is 0 Å². The SMILES string of the molecule is COc1ccc(-n2c(C)nnc2SCC(=O)NC2CCN(Cc3ccccc3)C2)cc1. The molecule has 0 bridgehead atoms. The second-order valence-electron chi connectivity index (χ2n) is 7.63.